The van der Waals surface area contributed by atoms with Crippen molar-refractivity contribution < 1.29 is 13.6 Å². The number of nitrogens with zero attached hydrogens (tertiary/aromatic N) is 3. The summed E-state index contributed by atoms with van der Waals surface area (Å²) in [7, 11) is 0. The Balaban J connectivity index is 2.04. The van der Waals surface area contributed by atoms with Gasteiger partial charge < -0.3 is 10.2 Å². The smallest absolute Gasteiger partial charge is 0.278 e. The monoisotopic (exact) mass is 356 g/mol. The van der Waals surface area contributed by atoms with Crippen LogP contribution in [0, 0.1) is 11.6 Å². The van der Waals surface area contributed by atoms with Crippen molar-refractivity contribution >= 4 is 28.4 Å². The topological polar surface area (TPSA) is 58.1 Å². The lowest BCUT2D eigenvalue weighted by Gasteiger charge is -2.22. The zero-order valence-corrected chi connectivity index (χ0v) is 14.5. The first-order valence-corrected chi connectivity index (χ1v) is 8.31. The fraction of sp³-hybridized carbons (Fsp3) is 0.211. The van der Waals surface area contributed by atoms with E-state index in [4.69, 9.17) is 0 Å². The van der Waals surface area contributed by atoms with Gasteiger partial charge in [-0.05, 0) is 38.1 Å². The van der Waals surface area contributed by atoms with Gasteiger partial charge in [0.2, 0.25) is 0 Å². The number of para-hydroxylation sites is 2. The highest BCUT2D eigenvalue weighted by molar-refractivity contribution is 6.07. The van der Waals surface area contributed by atoms with Gasteiger partial charge >= 0.3 is 0 Å². The molecule has 1 amide bonds. The van der Waals surface area contributed by atoms with Gasteiger partial charge in [-0.1, -0.05) is 12.1 Å². The summed E-state index contributed by atoms with van der Waals surface area (Å²) in [6, 6.07) is 10.4. The van der Waals surface area contributed by atoms with Crippen molar-refractivity contribution in [2.75, 3.05) is 23.3 Å². The van der Waals surface area contributed by atoms with Crippen molar-refractivity contribution in [2.24, 2.45) is 0 Å². The summed E-state index contributed by atoms with van der Waals surface area (Å²) in [4.78, 5) is 23.7. The van der Waals surface area contributed by atoms with E-state index in [9.17, 15) is 13.6 Å². The third-order valence-corrected chi connectivity index (χ3v) is 4.01. The van der Waals surface area contributed by atoms with Gasteiger partial charge in [-0.2, -0.15) is 0 Å². The van der Waals surface area contributed by atoms with Crippen LogP contribution in [0.4, 0.5) is 20.3 Å². The number of aromatic nitrogens is 2. The molecule has 0 spiro atoms. The molecule has 1 N–H and O–H groups in total. The van der Waals surface area contributed by atoms with Crippen molar-refractivity contribution in [1.29, 1.82) is 0 Å². The number of halogens is 2. The van der Waals surface area contributed by atoms with Gasteiger partial charge in [0.1, 0.15) is 0 Å². The van der Waals surface area contributed by atoms with Crippen LogP contribution in [0.5, 0.6) is 0 Å². The SMILES string of the molecule is CCN(CC)c1nc2ccccc2nc1C(=O)Nc1ccc(F)c(F)c1. The minimum Gasteiger partial charge on any atom is -0.355 e. The number of rotatable bonds is 5. The molecule has 0 aliphatic heterocycles. The fourth-order valence-corrected chi connectivity index (χ4v) is 2.65. The molecule has 0 aliphatic carbocycles. The summed E-state index contributed by atoms with van der Waals surface area (Å²) < 4.78 is 26.5. The summed E-state index contributed by atoms with van der Waals surface area (Å²) >= 11 is 0. The van der Waals surface area contributed by atoms with Crippen LogP contribution in [0.3, 0.4) is 0 Å². The molecule has 0 radical (unpaired) electrons. The van der Waals surface area contributed by atoms with E-state index < -0.39 is 17.5 Å². The number of anilines is 2. The van der Waals surface area contributed by atoms with Crippen LogP contribution < -0.4 is 10.2 Å². The molecule has 5 nitrogen and oxygen atoms in total. The highest BCUT2D eigenvalue weighted by Crippen LogP contribution is 2.22. The van der Waals surface area contributed by atoms with E-state index in [1.54, 1.807) is 6.07 Å². The van der Waals surface area contributed by atoms with Gasteiger partial charge in [-0.3, -0.25) is 4.79 Å². The maximum atomic E-state index is 13.4. The van der Waals surface area contributed by atoms with Crippen LogP contribution in [0.15, 0.2) is 42.5 Å². The molecule has 1 aromatic heterocycles. The molecule has 0 saturated heterocycles. The predicted octanol–water partition coefficient (Wildman–Crippen LogP) is 4.01. The molecule has 0 fully saturated rings. The Morgan fingerprint density at radius 2 is 1.65 bits per heavy atom. The third-order valence-electron chi connectivity index (χ3n) is 4.01. The number of hydrogen-bond donors (Lipinski definition) is 1. The molecule has 3 rings (SSSR count). The second-order valence-corrected chi connectivity index (χ2v) is 5.64. The Morgan fingerprint density at radius 1 is 1.00 bits per heavy atom. The van der Waals surface area contributed by atoms with Crippen LogP contribution >= 0.6 is 0 Å². The molecule has 3 aromatic rings. The summed E-state index contributed by atoms with van der Waals surface area (Å²) in [6.45, 7) is 5.21. The molecule has 1 heterocycles. The van der Waals surface area contributed by atoms with E-state index in [0.29, 0.717) is 29.9 Å². The van der Waals surface area contributed by atoms with Gasteiger partial charge in [0.05, 0.1) is 11.0 Å². The highest BCUT2D eigenvalue weighted by atomic mass is 19.2. The Kier molecular flexibility index (Phi) is 5.06. The van der Waals surface area contributed by atoms with E-state index >= 15 is 0 Å². The van der Waals surface area contributed by atoms with Gasteiger partial charge in [-0.15, -0.1) is 0 Å². The number of amides is 1. The molecule has 134 valence electrons. The molecular formula is C19H18F2N4O. The van der Waals surface area contributed by atoms with Crippen molar-refractivity contribution in [2.45, 2.75) is 13.8 Å². The average Bonchev–Trinajstić information content (AvgIpc) is 2.65. The molecule has 7 heteroatoms. The quantitative estimate of drug-likeness (QED) is 0.750. The zero-order chi connectivity index (χ0) is 18.7. The number of hydrogen-bond acceptors (Lipinski definition) is 4. The molecular weight excluding hydrogens is 338 g/mol. The van der Waals surface area contributed by atoms with Gasteiger partial charge in [0.15, 0.2) is 23.1 Å². The molecule has 26 heavy (non-hydrogen) atoms. The number of carbonyl (C=O) groups excluding carboxylic acids is 1. The van der Waals surface area contributed by atoms with E-state index in [-0.39, 0.29) is 11.4 Å². The lowest BCUT2D eigenvalue weighted by atomic mass is 10.2. The van der Waals surface area contributed by atoms with E-state index in [2.05, 4.69) is 15.3 Å². The van der Waals surface area contributed by atoms with Crippen LogP contribution in [0.2, 0.25) is 0 Å². The van der Waals surface area contributed by atoms with Crippen LogP contribution in [-0.2, 0) is 0 Å². The number of carbonyl (C=O) groups is 1. The van der Waals surface area contributed by atoms with Gasteiger partial charge in [0, 0.05) is 24.8 Å². The lowest BCUT2D eigenvalue weighted by Crippen LogP contribution is -2.27. The molecule has 0 saturated carbocycles. The molecule has 0 aliphatic rings. The van der Waals surface area contributed by atoms with E-state index in [1.807, 2.05) is 36.9 Å². The summed E-state index contributed by atoms with van der Waals surface area (Å²) in [5.74, 6) is -2.08. The molecule has 0 bridgehead atoms. The fourth-order valence-electron chi connectivity index (χ4n) is 2.65. The number of benzene rings is 2. The third kappa shape index (κ3) is 3.46. The minimum atomic E-state index is -1.03. The summed E-state index contributed by atoms with van der Waals surface area (Å²) in [5.41, 5.74) is 1.55. The van der Waals surface area contributed by atoms with Gasteiger partial charge in [0.25, 0.3) is 5.91 Å². The Hall–Kier alpha value is -3.09. The summed E-state index contributed by atoms with van der Waals surface area (Å²) in [5, 5.41) is 2.56. The number of fused-ring (bicyclic) bond motifs is 1. The van der Waals surface area contributed by atoms with Crippen molar-refractivity contribution in [1.82, 2.24) is 9.97 Å². The molecule has 0 unspecified atom stereocenters. The van der Waals surface area contributed by atoms with Crippen molar-refractivity contribution in [3.05, 3.63) is 59.8 Å². The maximum absolute atomic E-state index is 13.4. The van der Waals surface area contributed by atoms with Crippen LogP contribution in [0.1, 0.15) is 24.3 Å². The predicted molar refractivity (Wildman–Crippen MR) is 97.4 cm³/mol. The van der Waals surface area contributed by atoms with Gasteiger partial charge in [-0.25, -0.2) is 18.7 Å². The average molecular weight is 356 g/mol. The second kappa shape index (κ2) is 7.43. The zero-order valence-electron chi connectivity index (χ0n) is 14.5. The lowest BCUT2D eigenvalue weighted by molar-refractivity contribution is 0.102. The first kappa shape index (κ1) is 17.7. The van der Waals surface area contributed by atoms with E-state index in [0.717, 1.165) is 12.1 Å². The van der Waals surface area contributed by atoms with Crippen LogP contribution in [-0.4, -0.2) is 29.0 Å². The normalized spacial score (nSPS) is 10.8. The minimum absolute atomic E-state index is 0.136. The Bertz CT molecular complexity index is 957. The Morgan fingerprint density at radius 3 is 2.27 bits per heavy atom. The Labute approximate surface area is 149 Å². The number of nitrogens with one attached hydrogen (secondary N) is 1. The molecule has 0 atom stereocenters. The van der Waals surface area contributed by atoms with E-state index in [1.165, 1.54) is 6.07 Å². The standard InChI is InChI=1S/C19H18F2N4O/c1-3-25(4-2)18-17(23-15-7-5-6-8-16(15)24-18)19(26)22-12-9-10-13(20)14(21)11-12/h5-11H,3-4H2,1-2H3,(H,22,26). The maximum Gasteiger partial charge on any atom is 0.278 e. The largest absolute Gasteiger partial charge is 0.355 e. The van der Waals surface area contributed by atoms with Crippen LogP contribution in [0.25, 0.3) is 11.0 Å². The second-order valence-electron chi connectivity index (χ2n) is 5.64. The van der Waals surface area contributed by atoms with Crippen molar-refractivity contribution in [3.63, 3.8) is 0 Å². The first-order chi connectivity index (χ1) is 12.5. The first-order valence-electron chi connectivity index (χ1n) is 8.31. The van der Waals surface area contributed by atoms with Crippen molar-refractivity contribution in [3.8, 4) is 0 Å². The summed E-state index contributed by atoms with van der Waals surface area (Å²) in [6.07, 6.45) is 0. The highest BCUT2D eigenvalue weighted by Gasteiger charge is 2.20. The molecule has 2 aromatic carbocycles.